The van der Waals surface area contributed by atoms with Gasteiger partial charge in [0.2, 0.25) is 0 Å². The molecule has 1 aliphatic heterocycles. The molecule has 0 aromatic heterocycles. The summed E-state index contributed by atoms with van der Waals surface area (Å²) in [6, 6.07) is 0. The third-order valence-corrected chi connectivity index (χ3v) is 10.4. The molecule has 0 aromatic rings. The van der Waals surface area contributed by atoms with Crippen molar-refractivity contribution in [2.24, 2.45) is 0 Å². The van der Waals surface area contributed by atoms with E-state index < -0.39 is 49.4 Å². The predicted octanol–water partition coefficient (Wildman–Crippen LogP) is 9.17. The van der Waals surface area contributed by atoms with E-state index in [1.807, 2.05) is 0 Å². The summed E-state index contributed by atoms with van der Waals surface area (Å²) in [6.07, 6.45) is 29.3. The van der Waals surface area contributed by atoms with Crippen LogP contribution in [0.2, 0.25) is 0 Å². The highest BCUT2D eigenvalue weighted by Crippen LogP contribution is 2.23. The van der Waals surface area contributed by atoms with Crippen molar-refractivity contribution in [2.45, 2.75) is 237 Å². The molecule has 0 radical (unpaired) electrons. The number of rotatable bonds is 37. The van der Waals surface area contributed by atoms with Crippen molar-refractivity contribution >= 4 is 11.9 Å². The van der Waals surface area contributed by atoms with E-state index in [0.29, 0.717) is 6.42 Å². The lowest BCUT2D eigenvalue weighted by Gasteiger charge is -2.39. The number of aliphatic hydroxyl groups excluding tert-OH is 4. The third kappa shape index (κ3) is 27.1. The van der Waals surface area contributed by atoms with Crippen molar-refractivity contribution in [1.82, 2.24) is 0 Å². The zero-order chi connectivity index (χ0) is 39.5. The molecule has 10 nitrogen and oxygen atoms in total. The van der Waals surface area contributed by atoms with Crippen molar-refractivity contribution in [1.29, 1.82) is 0 Å². The molecule has 54 heavy (non-hydrogen) atoms. The van der Waals surface area contributed by atoms with Gasteiger partial charge in [0.25, 0.3) is 0 Å². The van der Waals surface area contributed by atoms with Gasteiger partial charge in [0.1, 0.15) is 31.0 Å². The second-order valence-electron chi connectivity index (χ2n) is 15.5. The molecule has 0 bridgehead atoms. The Labute approximate surface area is 329 Å². The van der Waals surface area contributed by atoms with Gasteiger partial charge in [0, 0.05) is 12.8 Å². The van der Waals surface area contributed by atoms with Gasteiger partial charge in [0.05, 0.1) is 13.2 Å². The second-order valence-corrected chi connectivity index (χ2v) is 15.5. The molecule has 10 heteroatoms. The van der Waals surface area contributed by atoms with Crippen LogP contribution < -0.4 is 0 Å². The first-order valence-electron chi connectivity index (χ1n) is 22.3. The van der Waals surface area contributed by atoms with E-state index in [4.69, 9.17) is 18.9 Å². The molecule has 6 atom stereocenters. The highest BCUT2D eigenvalue weighted by Gasteiger charge is 2.44. The normalized spacial score (nSPS) is 20.7. The molecule has 1 heterocycles. The van der Waals surface area contributed by atoms with E-state index in [0.717, 1.165) is 51.4 Å². The second kappa shape index (κ2) is 35.8. The Hall–Kier alpha value is -1.56. The van der Waals surface area contributed by atoms with Crippen LogP contribution in [0.4, 0.5) is 0 Å². The monoisotopic (exact) mass is 771 g/mol. The molecule has 0 saturated carbocycles. The van der Waals surface area contributed by atoms with Gasteiger partial charge in [-0.2, -0.15) is 0 Å². The van der Waals surface area contributed by atoms with Crippen LogP contribution in [0, 0.1) is 0 Å². The number of allylic oxidation sites excluding steroid dienone is 2. The minimum absolute atomic E-state index is 0.215. The van der Waals surface area contributed by atoms with Crippen LogP contribution in [0.3, 0.4) is 0 Å². The highest BCUT2D eigenvalue weighted by atomic mass is 16.7. The first-order valence-corrected chi connectivity index (χ1v) is 22.3. The summed E-state index contributed by atoms with van der Waals surface area (Å²) in [5.41, 5.74) is 0. The van der Waals surface area contributed by atoms with Gasteiger partial charge in [0.15, 0.2) is 12.4 Å². The molecular formula is C44H82O10. The first kappa shape index (κ1) is 50.5. The molecule has 1 rings (SSSR count). The number of aliphatic hydroxyl groups is 4. The maximum Gasteiger partial charge on any atom is 0.306 e. The number of esters is 2. The number of ether oxygens (including phenoxy) is 4. The number of unbranched alkanes of at least 4 members (excludes halogenated alkanes) is 24. The zero-order valence-corrected chi connectivity index (χ0v) is 34.5. The van der Waals surface area contributed by atoms with E-state index in [2.05, 4.69) is 26.0 Å². The van der Waals surface area contributed by atoms with Crippen molar-refractivity contribution in [2.75, 3.05) is 19.8 Å². The summed E-state index contributed by atoms with van der Waals surface area (Å²) in [5.74, 6) is -0.807. The lowest BCUT2D eigenvalue weighted by Crippen LogP contribution is -2.59. The molecule has 1 saturated heterocycles. The summed E-state index contributed by atoms with van der Waals surface area (Å²) >= 11 is 0. The van der Waals surface area contributed by atoms with Gasteiger partial charge in [-0.05, 0) is 38.5 Å². The summed E-state index contributed by atoms with van der Waals surface area (Å²) in [6.45, 7) is 3.42. The quantitative estimate of drug-likeness (QED) is 0.0273. The van der Waals surface area contributed by atoms with Crippen molar-refractivity contribution in [3.8, 4) is 0 Å². The number of hydrogen-bond donors (Lipinski definition) is 4. The minimum atomic E-state index is -1.59. The van der Waals surface area contributed by atoms with Crippen molar-refractivity contribution in [3.63, 3.8) is 0 Å². The van der Waals surface area contributed by atoms with Gasteiger partial charge in [-0.3, -0.25) is 9.59 Å². The summed E-state index contributed by atoms with van der Waals surface area (Å²) in [4.78, 5) is 25.3. The fourth-order valence-corrected chi connectivity index (χ4v) is 6.83. The van der Waals surface area contributed by atoms with Gasteiger partial charge in [-0.1, -0.05) is 161 Å². The lowest BCUT2D eigenvalue weighted by atomic mass is 9.99. The minimum Gasteiger partial charge on any atom is -0.462 e. The van der Waals surface area contributed by atoms with E-state index in [1.165, 1.54) is 116 Å². The van der Waals surface area contributed by atoms with Crippen molar-refractivity contribution in [3.05, 3.63) is 12.2 Å². The average molecular weight is 771 g/mol. The maximum atomic E-state index is 12.7. The SMILES string of the molecule is CCCCCCC/C=C\CCCCCCCC(=O)OC(COC(=O)CCCCCCCCCCCCCCCCC)COC1OC(CO)C(O)C(O)C1O. The van der Waals surface area contributed by atoms with Crippen LogP contribution in [-0.4, -0.2) is 89.0 Å². The number of carbonyl (C=O) groups is 2. The van der Waals surface area contributed by atoms with Crippen LogP contribution in [0.15, 0.2) is 12.2 Å². The van der Waals surface area contributed by atoms with E-state index in [-0.39, 0.29) is 32.0 Å². The molecule has 0 spiro atoms. The summed E-state index contributed by atoms with van der Waals surface area (Å²) < 4.78 is 22.1. The number of carbonyl (C=O) groups excluding carboxylic acids is 2. The predicted molar refractivity (Wildman–Crippen MR) is 215 cm³/mol. The topological polar surface area (TPSA) is 152 Å². The molecule has 0 aliphatic carbocycles. The van der Waals surface area contributed by atoms with Crippen LogP contribution in [0.25, 0.3) is 0 Å². The molecule has 4 N–H and O–H groups in total. The Bertz CT molecular complexity index is 897. The highest BCUT2D eigenvalue weighted by molar-refractivity contribution is 5.70. The largest absolute Gasteiger partial charge is 0.462 e. The Kier molecular flexibility index (Phi) is 33.5. The molecule has 1 fully saturated rings. The molecular weight excluding hydrogens is 688 g/mol. The molecule has 1 aliphatic rings. The lowest BCUT2D eigenvalue weighted by molar-refractivity contribution is -0.305. The molecule has 0 aromatic carbocycles. The van der Waals surface area contributed by atoms with Gasteiger partial charge < -0.3 is 39.4 Å². The van der Waals surface area contributed by atoms with E-state index >= 15 is 0 Å². The zero-order valence-electron chi connectivity index (χ0n) is 34.5. The fraction of sp³-hybridized carbons (Fsp3) is 0.909. The Balaban J connectivity index is 2.33. The summed E-state index contributed by atoms with van der Waals surface area (Å²) in [7, 11) is 0. The smallest absolute Gasteiger partial charge is 0.306 e. The Morgan fingerprint density at radius 3 is 1.44 bits per heavy atom. The van der Waals surface area contributed by atoms with Gasteiger partial charge in [-0.15, -0.1) is 0 Å². The standard InChI is InChI=1S/C44H82O10/c1-3-5-7-9-11-13-15-17-19-21-22-24-26-28-30-32-39(46)51-35-37(36-52-44-43(50)42(49)41(48)38(34-45)54-44)53-40(47)33-31-29-27-25-23-20-18-16-14-12-10-8-6-4-2/h16,18,37-38,41-45,48-50H,3-15,17,19-36H2,1-2H3/b18-16-. The molecule has 6 unspecified atom stereocenters. The number of hydrogen-bond acceptors (Lipinski definition) is 10. The Morgan fingerprint density at radius 2 is 0.981 bits per heavy atom. The van der Waals surface area contributed by atoms with Crippen LogP contribution >= 0.6 is 0 Å². The van der Waals surface area contributed by atoms with Gasteiger partial charge >= 0.3 is 11.9 Å². The molecule has 318 valence electrons. The van der Waals surface area contributed by atoms with Crippen molar-refractivity contribution < 1.29 is 49.0 Å². The van der Waals surface area contributed by atoms with E-state index in [1.54, 1.807) is 0 Å². The molecule has 0 amide bonds. The van der Waals surface area contributed by atoms with Crippen LogP contribution in [-0.2, 0) is 28.5 Å². The van der Waals surface area contributed by atoms with E-state index in [9.17, 15) is 30.0 Å². The van der Waals surface area contributed by atoms with Crippen LogP contribution in [0.1, 0.15) is 200 Å². The maximum absolute atomic E-state index is 12.7. The third-order valence-electron chi connectivity index (χ3n) is 10.4. The van der Waals surface area contributed by atoms with Crippen LogP contribution in [0.5, 0.6) is 0 Å². The average Bonchev–Trinajstić information content (AvgIpc) is 3.17. The first-order chi connectivity index (χ1) is 26.3. The fourth-order valence-electron chi connectivity index (χ4n) is 6.83. The van der Waals surface area contributed by atoms with Gasteiger partial charge in [-0.25, -0.2) is 0 Å². The Morgan fingerprint density at radius 1 is 0.556 bits per heavy atom. The summed E-state index contributed by atoms with van der Waals surface area (Å²) in [5, 5.41) is 40.0.